The summed E-state index contributed by atoms with van der Waals surface area (Å²) >= 11 is 0. The molecule has 1 heterocycles. The Morgan fingerprint density at radius 3 is 3.10 bits per heavy atom. The minimum absolute atomic E-state index is 0.293. The molecule has 0 spiro atoms. The van der Waals surface area contributed by atoms with Gasteiger partial charge in [-0.05, 0) is 55.5 Å². The van der Waals surface area contributed by atoms with Crippen LogP contribution in [-0.4, -0.2) is 15.1 Å². The molecule has 1 aromatic heterocycles. The van der Waals surface area contributed by atoms with Gasteiger partial charge in [0, 0.05) is 18.8 Å². The van der Waals surface area contributed by atoms with Gasteiger partial charge >= 0.3 is 0 Å². The molecule has 3 rings (SSSR count). The Kier molecular flexibility index (Phi) is 3.65. The van der Waals surface area contributed by atoms with E-state index in [1.807, 2.05) is 25.1 Å². The lowest BCUT2D eigenvalue weighted by molar-refractivity contribution is 0.443. The first-order valence-corrected chi connectivity index (χ1v) is 7.06. The quantitative estimate of drug-likeness (QED) is 0.899. The normalized spacial score (nSPS) is 17.8. The van der Waals surface area contributed by atoms with Gasteiger partial charge in [-0.1, -0.05) is 6.07 Å². The number of aryl methyl sites for hydroxylation is 2. The number of hydrogen-bond donors (Lipinski definition) is 2. The van der Waals surface area contributed by atoms with Gasteiger partial charge < -0.3 is 10.4 Å². The Morgan fingerprint density at radius 2 is 2.25 bits per heavy atom. The second-order valence-electron chi connectivity index (χ2n) is 5.30. The van der Waals surface area contributed by atoms with Crippen LogP contribution in [0.1, 0.15) is 41.5 Å². The molecular formula is C16H19N3O. The smallest absolute Gasteiger partial charge is 0.125 e. The highest BCUT2D eigenvalue weighted by Gasteiger charge is 2.20. The van der Waals surface area contributed by atoms with E-state index in [1.54, 1.807) is 12.3 Å². The highest BCUT2D eigenvalue weighted by Crippen LogP contribution is 2.32. The molecular weight excluding hydrogens is 250 g/mol. The van der Waals surface area contributed by atoms with Crippen LogP contribution in [0.5, 0.6) is 5.75 Å². The van der Waals surface area contributed by atoms with E-state index in [4.69, 9.17) is 0 Å². The van der Waals surface area contributed by atoms with Crippen molar-refractivity contribution in [3.05, 3.63) is 53.1 Å². The molecule has 2 aromatic rings. The summed E-state index contributed by atoms with van der Waals surface area (Å²) in [7, 11) is 0. The minimum atomic E-state index is 0.293. The van der Waals surface area contributed by atoms with Gasteiger partial charge in [-0.15, -0.1) is 0 Å². The first kappa shape index (κ1) is 13.1. The molecule has 1 unspecified atom stereocenters. The molecule has 0 saturated carbocycles. The second-order valence-corrected chi connectivity index (χ2v) is 5.30. The number of aromatic hydroxyl groups is 1. The first-order chi connectivity index (χ1) is 9.72. The number of fused-ring (bicyclic) bond motifs is 1. The summed E-state index contributed by atoms with van der Waals surface area (Å²) < 4.78 is 0. The topological polar surface area (TPSA) is 58.0 Å². The zero-order valence-corrected chi connectivity index (χ0v) is 11.6. The monoisotopic (exact) mass is 269 g/mol. The maximum atomic E-state index is 9.68. The first-order valence-electron chi connectivity index (χ1n) is 7.06. The van der Waals surface area contributed by atoms with E-state index in [1.165, 1.54) is 17.5 Å². The van der Waals surface area contributed by atoms with Gasteiger partial charge in [0.05, 0.1) is 5.69 Å². The fraction of sp³-hybridized carbons (Fsp3) is 0.375. The average Bonchev–Trinajstić information content (AvgIpc) is 2.45. The van der Waals surface area contributed by atoms with E-state index in [2.05, 4.69) is 15.3 Å². The molecule has 0 aliphatic heterocycles. The van der Waals surface area contributed by atoms with Crippen molar-refractivity contribution in [2.24, 2.45) is 0 Å². The van der Waals surface area contributed by atoms with E-state index in [0.29, 0.717) is 11.8 Å². The molecule has 1 aliphatic carbocycles. The third-order valence-electron chi connectivity index (χ3n) is 3.81. The number of nitrogens with zero attached hydrogens (tertiary/aromatic N) is 2. The number of phenols is 1. The van der Waals surface area contributed by atoms with Crippen LogP contribution >= 0.6 is 0 Å². The van der Waals surface area contributed by atoms with E-state index >= 15 is 0 Å². The highest BCUT2D eigenvalue weighted by molar-refractivity contribution is 5.38. The molecule has 1 aromatic carbocycles. The van der Waals surface area contributed by atoms with Crippen LogP contribution < -0.4 is 5.32 Å². The summed E-state index contributed by atoms with van der Waals surface area (Å²) in [6, 6.07) is 7.92. The molecule has 1 atom stereocenters. The Hall–Kier alpha value is -1.94. The SMILES string of the molecule is Cc1nccc(CNC2CCCc3ccc(O)cc32)n1. The van der Waals surface area contributed by atoms with Gasteiger partial charge in [-0.2, -0.15) is 0 Å². The van der Waals surface area contributed by atoms with Crippen LogP contribution in [-0.2, 0) is 13.0 Å². The van der Waals surface area contributed by atoms with Crippen molar-refractivity contribution < 1.29 is 5.11 Å². The maximum absolute atomic E-state index is 9.68. The maximum Gasteiger partial charge on any atom is 0.125 e. The van der Waals surface area contributed by atoms with Crippen molar-refractivity contribution >= 4 is 0 Å². The lowest BCUT2D eigenvalue weighted by Gasteiger charge is -2.26. The Morgan fingerprint density at radius 1 is 1.35 bits per heavy atom. The summed E-state index contributed by atoms with van der Waals surface area (Å²) in [5, 5.41) is 13.2. The number of rotatable bonds is 3. The van der Waals surface area contributed by atoms with Crippen LogP contribution in [0.15, 0.2) is 30.5 Å². The van der Waals surface area contributed by atoms with Crippen molar-refractivity contribution in [3.8, 4) is 5.75 Å². The molecule has 4 nitrogen and oxygen atoms in total. The largest absolute Gasteiger partial charge is 0.508 e. The summed E-state index contributed by atoms with van der Waals surface area (Å²) in [5.41, 5.74) is 3.57. The Bertz CT molecular complexity index is 612. The molecule has 1 aliphatic rings. The van der Waals surface area contributed by atoms with E-state index in [0.717, 1.165) is 30.9 Å². The van der Waals surface area contributed by atoms with Gasteiger partial charge in [-0.3, -0.25) is 0 Å². The zero-order chi connectivity index (χ0) is 13.9. The predicted octanol–water partition coefficient (Wildman–Crippen LogP) is 2.66. The summed E-state index contributed by atoms with van der Waals surface area (Å²) in [6.45, 7) is 2.63. The predicted molar refractivity (Wildman–Crippen MR) is 77.4 cm³/mol. The van der Waals surface area contributed by atoms with Crippen LogP contribution in [0, 0.1) is 6.92 Å². The van der Waals surface area contributed by atoms with Gasteiger partial charge in [-0.25, -0.2) is 9.97 Å². The van der Waals surface area contributed by atoms with Crippen molar-refractivity contribution in [1.29, 1.82) is 0 Å². The van der Waals surface area contributed by atoms with Crippen LogP contribution in [0.25, 0.3) is 0 Å². The van der Waals surface area contributed by atoms with E-state index < -0.39 is 0 Å². The summed E-state index contributed by atoms with van der Waals surface area (Å²) in [4.78, 5) is 8.52. The van der Waals surface area contributed by atoms with Gasteiger partial charge in [0.1, 0.15) is 11.6 Å². The molecule has 20 heavy (non-hydrogen) atoms. The van der Waals surface area contributed by atoms with Crippen LogP contribution in [0.2, 0.25) is 0 Å². The number of nitrogens with one attached hydrogen (secondary N) is 1. The number of benzene rings is 1. The Balaban J connectivity index is 1.75. The molecule has 0 saturated heterocycles. The van der Waals surface area contributed by atoms with Gasteiger partial charge in [0.25, 0.3) is 0 Å². The third kappa shape index (κ3) is 2.80. The average molecular weight is 269 g/mol. The third-order valence-corrected chi connectivity index (χ3v) is 3.81. The lowest BCUT2D eigenvalue weighted by atomic mass is 9.87. The fourth-order valence-corrected chi connectivity index (χ4v) is 2.83. The molecule has 0 bridgehead atoms. The molecule has 104 valence electrons. The van der Waals surface area contributed by atoms with Crippen LogP contribution in [0.4, 0.5) is 0 Å². The molecule has 0 radical (unpaired) electrons. The second kappa shape index (κ2) is 5.59. The van der Waals surface area contributed by atoms with Crippen molar-refractivity contribution in [2.45, 2.75) is 38.8 Å². The van der Waals surface area contributed by atoms with Crippen molar-refractivity contribution in [1.82, 2.24) is 15.3 Å². The van der Waals surface area contributed by atoms with E-state index in [9.17, 15) is 5.11 Å². The number of aromatic nitrogens is 2. The number of phenolic OH excluding ortho intramolecular Hbond substituents is 1. The lowest BCUT2D eigenvalue weighted by Crippen LogP contribution is -2.25. The molecule has 0 fully saturated rings. The molecule has 2 N–H and O–H groups in total. The van der Waals surface area contributed by atoms with Crippen LogP contribution in [0.3, 0.4) is 0 Å². The van der Waals surface area contributed by atoms with Crippen molar-refractivity contribution in [2.75, 3.05) is 0 Å². The zero-order valence-electron chi connectivity index (χ0n) is 11.6. The van der Waals surface area contributed by atoms with Gasteiger partial charge in [0.15, 0.2) is 0 Å². The van der Waals surface area contributed by atoms with Gasteiger partial charge in [0.2, 0.25) is 0 Å². The summed E-state index contributed by atoms with van der Waals surface area (Å²) in [5.74, 6) is 1.14. The van der Waals surface area contributed by atoms with Crippen molar-refractivity contribution in [3.63, 3.8) is 0 Å². The fourth-order valence-electron chi connectivity index (χ4n) is 2.83. The molecule has 0 amide bonds. The standard InChI is InChI=1S/C16H19N3O/c1-11-17-8-7-13(19-11)10-18-16-4-2-3-12-5-6-14(20)9-15(12)16/h5-9,16,18,20H,2-4,10H2,1H3. The highest BCUT2D eigenvalue weighted by atomic mass is 16.3. The number of hydrogen-bond acceptors (Lipinski definition) is 4. The molecule has 4 heteroatoms. The summed E-state index contributed by atoms with van der Waals surface area (Å²) in [6.07, 6.45) is 5.17. The van der Waals surface area contributed by atoms with E-state index in [-0.39, 0.29) is 0 Å². The Labute approximate surface area is 118 Å². The minimum Gasteiger partial charge on any atom is -0.508 e.